The maximum Gasteiger partial charge on any atom is 0.329 e. The van der Waals surface area contributed by atoms with Crippen molar-refractivity contribution in [3.05, 3.63) is 28.5 Å². The smallest absolute Gasteiger partial charge is 0.329 e. The van der Waals surface area contributed by atoms with Crippen LogP contribution in [0.15, 0.2) is 12.1 Å². The van der Waals surface area contributed by atoms with E-state index in [0.29, 0.717) is 31.2 Å². The highest BCUT2D eigenvalue weighted by Crippen LogP contribution is 2.62. The van der Waals surface area contributed by atoms with Gasteiger partial charge in [-0.1, -0.05) is 11.6 Å². The monoisotopic (exact) mass is 516 g/mol. The Morgan fingerprint density at radius 3 is 2.39 bits per heavy atom. The predicted octanol–water partition coefficient (Wildman–Crippen LogP) is 5.77. The standard InChI is InChI=1S/C28H34ClFN2O4/c1-27(2,3)36-26(34)23-5-4-6-32(23)25(33)20-12-21(29)24(13-22(20)30)35-15-28(14-31)18-8-16-7-17(10-18)11-19(28)9-16/h12-13,16-19,23H,4-11,15H2,1-3H3/t16-,17-,18-,19+,23-,28?/m0/s1. The van der Waals surface area contributed by atoms with Gasteiger partial charge in [-0.15, -0.1) is 0 Å². The first kappa shape index (κ1) is 25.3. The Balaban J connectivity index is 1.31. The van der Waals surface area contributed by atoms with E-state index >= 15 is 4.39 Å². The number of esters is 1. The predicted molar refractivity (Wildman–Crippen MR) is 132 cm³/mol. The molecular weight excluding hydrogens is 483 g/mol. The fraction of sp³-hybridized carbons (Fsp3) is 0.679. The molecule has 8 heteroatoms. The van der Waals surface area contributed by atoms with Crippen molar-refractivity contribution < 1.29 is 23.5 Å². The molecule has 4 bridgehead atoms. The molecule has 1 aromatic carbocycles. The molecule has 194 valence electrons. The lowest BCUT2D eigenvalue weighted by Crippen LogP contribution is -2.54. The second kappa shape index (κ2) is 9.20. The van der Waals surface area contributed by atoms with Gasteiger partial charge in [0.05, 0.1) is 22.1 Å². The van der Waals surface area contributed by atoms with Crippen molar-refractivity contribution in [2.24, 2.45) is 29.1 Å². The van der Waals surface area contributed by atoms with Crippen molar-refractivity contribution >= 4 is 23.5 Å². The molecule has 1 amide bonds. The first-order chi connectivity index (χ1) is 17.0. The molecule has 36 heavy (non-hydrogen) atoms. The van der Waals surface area contributed by atoms with E-state index in [2.05, 4.69) is 6.07 Å². The minimum absolute atomic E-state index is 0.115. The largest absolute Gasteiger partial charge is 0.490 e. The summed E-state index contributed by atoms with van der Waals surface area (Å²) in [6.45, 7) is 5.82. The molecule has 0 aromatic heterocycles. The van der Waals surface area contributed by atoms with Gasteiger partial charge in [0.1, 0.15) is 29.8 Å². The normalized spacial score (nSPS) is 32.9. The van der Waals surface area contributed by atoms with Crippen LogP contribution in [0.5, 0.6) is 5.75 Å². The molecule has 1 saturated heterocycles. The number of carbonyl (C=O) groups excluding carboxylic acids is 2. The Hall–Kier alpha value is -2.33. The lowest BCUT2D eigenvalue weighted by molar-refractivity contribution is -0.159. The van der Waals surface area contributed by atoms with E-state index in [-0.39, 0.29) is 22.9 Å². The molecule has 5 aliphatic rings. The number of ether oxygens (including phenoxy) is 2. The molecule has 1 heterocycles. The SMILES string of the molecule is CC(C)(C)OC(=O)[C@@H]1CCCN1C(=O)c1cc(Cl)c(OCC2(C#N)[C@H]3C[C@H]4C[C@H](C3)C[C@H]2C4)cc1F. The van der Waals surface area contributed by atoms with Gasteiger partial charge in [-0.3, -0.25) is 4.79 Å². The lowest BCUT2D eigenvalue weighted by Gasteiger charge is -2.58. The van der Waals surface area contributed by atoms with E-state index in [1.165, 1.54) is 17.4 Å². The minimum atomic E-state index is -0.759. The minimum Gasteiger partial charge on any atom is -0.490 e. The van der Waals surface area contributed by atoms with Crippen LogP contribution in [0.25, 0.3) is 0 Å². The van der Waals surface area contributed by atoms with E-state index in [9.17, 15) is 14.9 Å². The van der Waals surface area contributed by atoms with Crippen molar-refractivity contribution in [3.8, 4) is 11.8 Å². The molecule has 0 radical (unpaired) electrons. The number of halogens is 2. The highest BCUT2D eigenvalue weighted by atomic mass is 35.5. The van der Waals surface area contributed by atoms with Gasteiger partial charge in [-0.2, -0.15) is 5.26 Å². The van der Waals surface area contributed by atoms with Gasteiger partial charge in [0.15, 0.2) is 0 Å². The molecule has 6 nitrogen and oxygen atoms in total. The maximum absolute atomic E-state index is 15.2. The van der Waals surface area contributed by atoms with Gasteiger partial charge < -0.3 is 14.4 Å². The average molecular weight is 517 g/mol. The van der Waals surface area contributed by atoms with Crippen LogP contribution in [-0.2, 0) is 9.53 Å². The summed E-state index contributed by atoms with van der Waals surface area (Å²) in [7, 11) is 0. The number of nitrogens with zero attached hydrogens (tertiary/aromatic N) is 2. The zero-order valence-corrected chi connectivity index (χ0v) is 21.9. The molecule has 4 aliphatic carbocycles. The van der Waals surface area contributed by atoms with Gasteiger partial charge in [-0.25, -0.2) is 9.18 Å². The molecule has 0 spiro atoms. The van der Waals surface area contributed by atoms with Crippen molar-refractivity contribution in [1.82, 2.24) is 4.90 Å². The fourth-order valence-electron chi connectivity index (χ4n) is 7.26. The van der Waals surface area contributed by atoms with Crippen LogP contribution in [-0.4, -0.2) is 41.6 Å². The maximum atomic E-state index is 15.2. The van der Waals surface area contributed by atoms with Crippen LogP contribution >= 0.6 is 11.6 Å². The Kier molecular flexibility index (Phi) is 6.47. The zero-order valence-electron chi connectivity index (χ0n) is 21.2. The Morgan fingerprint density at radius 1 is 1.17 bits per heavy atom. The van der Waals surface area contributed by atoms with Crippen molar-refractivity contribution in [1.29, 1.82) is 5.26 Å². The molecule has 5 fully saturated rings. The summed E-state index contributed by atoms with van der Waals surface area (Å²) in [6.07, 6.45) is 6.64. The van der Waals surface area contributed by atoms with Crippen molar-refractivity contribution in [2.75, 3.05) is 13.2 Å². The van der Waals surface area contributed by atoms with E-state index in [1.54, 1.807) is 20.8 Å². The lowest BCUT2D eigenvalue weighted by atomic mass is 9.46. The van der Waals surface area contributed by atoms with Crippen LogP contribution < -0.4 is 4.74 Å². The van der Waals surface area contributed by atoms with E-state index < -0.39 is 34.8 Å². The van der Waals surface area contributed by atoms with Gasteiger partial charge in [0.25, 0.3) is 5.91 Å². The number of carbonyl (C=O) groups is 2. The third kappa shape index (κ3) is 4.47. The van der Waals surface area contributed by atoms with E-state index in [1.807, 2.05) is 0 Å². The number of likely N-dealkylation sites (tertiary alicyclic amines) is 1. The molecule has 1 aromatic rings. The van der Waals surface area contributed by atoms with E-state index in [4.69, 9.17) is 21.1 Å². The van der Waals surface area contributed by atoms with Crippen LogP contribution in [0, 0.1) is 46.2 Å². The summed E-state index contributed by atoms with van der Waals surface area (Å²) in [5.41, 5.74) is -1.45. The Bertz CT molecular complexity index is 1080. The first-order valence-electron chi connectivity index (χ1n) is 13.1. The molecule has 1 aliphatic heterocycles. The quantitative estimate of drug-likeness (QED) is 0.464. The first-order valence-corrected chi connectivity index (χ1v) is 13.5. The highest BCUT2D eigenvalue weighted by Gasteiger charge is 2.58. The van der Waals surface area contributed by atoms with Crippen LogP contribution in [0.3, 0.4) is 0 Å². The number of nitriles is 1. The van der Waals surface area contributed by atoms with Gasteiger partial charge in [0, 0.05) is 12.6 Å². The topological polar surface area (TPSA) is 79.6 Å². The molecule has 4 saturated carbocycles. The summed E-state index contributed by atoms with van der Waals surface area (Å²) < 4.78 is 26.7. The zero-order chi connectivity index (χ0) is 25.8. The van der Waals surface area contributed by atoms with E-state index in [0.717, 1.165) is 43.6 Å². The molecule has 1 atom stereocenters. The summed E-state index contributed by atoms with van der Waals surface area (Å²) in [6, 6.07) is 4.25. The van der Waals surface area contributed by atoms with Crippen LogP contribution in [0.2, 0.25) is 5.02 Å². The third-order valence-electron chi connectivity index (χ3n) is 8.71. The Labute approximate surface area is 217 Å². The molecule has 6 rings (SSSR count). The van der Waals surface area contributed by atoms with Crippen LogP contribution in [0.4, 0.5) is 4.39 Å². The average Bonchev–Trinajstić information content (AvgIpc) is 3.29. The number of amides is 1. The molecular formula is C28H34ClFN2O4. The molecule has 0 unspecified atom stereocenters. The summed E-state index contributed by atoms with van der Waals surface area (Å²) in [5, 5.41) is 10.3. The summed E-state index contributed by atoms with van der Waals surface area (Å²) in [5.74, 6) is 0.350. The molecule has 0 N–H and O–H groups in total. The highest BCUT2D eigenvalue weighted by molar-refractivity contribution is 6.32. The number of rotatable bonds is 5. The second-order valence-corrected chi connectivity index (χ2v) is 12.6. The Morgan fingerprint density at radius 2 is 1.81 bits per heavy atom. The van der Waals surface area contributed by atoms with Gasteiger partial charge >= 0.3 is 5.97 Å². The van der Waals surface area contributed by atoms with Crippen LogP contribution in [0.1, 0.15) is 76.1 Å². The van der Waals surface area contributed by atoms with Gasteiger partial charge in [0.2, 0.25) is 0 Å². The number of benzene rings is 1. The number of hydrogen-bond donors (Lipinski definition) is 0. The van der Waals surface area contributed by atoms with Gasteiger partial charge in [-0.05, 0) is 95.5 Å². The summed E-state index contributed by atoms with van der Waals surface area (Å²) >= 11 is 6.46. The second-order valence-electron chi connectivity index (χ2n) is 12.2. The number of hydrogen-bond acceptors (Lipinski definition) is 5. The van der Waals surface area contributed by atoms with Crippen molar-refractivity contribution in [3.63, 3.8) is 0 Å². The third-order valence-corrected chi connectivity index (χ3v) is 9.01. The fourth-order valence-corrected chi connectivity index (χ4v) is 7.47. The van der Waals surface area contributed by atoms with Crippen molar-refractivity contribution in [2.45, 2.75) is 77.4 Å². The summed E-state index contributed by atoms with van der Waals surface area (Å²) in [4.78, 5) is 27.2.